The van der Waals surface area contributed by atoms with E-state index in [1.54, 1.807) is 36.4 Å². The van der Waals surface area contributed by atoms with Crippen LogP contribution in [0.5, 0.6) is 0 Å². The van der Waals surface area contributed by atoms with Crippen LogP contribution in [-0.2, 0) is 17.8 Å². The summed E-state index contributed by atoms with van der Waals surface area (Å²) in [5.41, 5.74) is 2.03. The van der Waals surface area contributed by atoms with Crippen LogP contribution in [0.3, 0.4) is 0 Å². The lowest BCUT2D eigenvalue weighted by Crippen LogP contribution is -2.31. The Labute approximate surface area is 172 Å². The highest BCUT2D eigenvalue weighted by Gasteiger charge is 2.14. The van der Waals surface area contributed by atoms with Crippen LogP contribution >= 0.6 is 11.6 Å². The number of para-hydroxylation sites is 1. The van der Waals surface area contributed by atoms with Gasteiger partial charge in [0.05, 0.1) is 10.9 Å². The summed E-state index contributed by atoms with van der Waals surface area (Å²) in [6.45, 7) is -0.124. The van der Waals surface area contributed by atoms with E-state index in [1.807, 2.05) is 42.5 Å². The molecule has 0 spiro atoms. The van der Waals surface area contributed by atoms with Gasteiger partial charge in [0.2, 0.25) is 5.91 Å². The molecule has 29 heavy (non-hydrogen) atoms. The van der Waals surface area contributed by atoms with Crippen molar-refractivity contribution >= 4 is 34.1 Å². The third kappa shape index (κ3) is 4.36. The Morgan fingerprint density at radius 1 is 0.931 bits per heavy atom. The number of carbonyl (C=O) groups excluding carboxylic acids is 1. The normalized spacial score (nSPS) is 10.8. The molecule has 1 aromatic heterocycles. The number of amides is 1. The molecule has 144 valence electrons. The van der Waals surface area contributed by atoms with E-state index in [4.69, 9.17) is 11.6 Å². The average Bonchev–Trinajstić information content (AvgIpc) is 2.73. The molecule has 4 aromatic rings. The average molecular weight is 404 g/mol. The Kier molecular flexibility index (Phi) is 5.40. The van der Waals surface area contributed by atoms with Gasteiger partial charge in [-0.15, -0.1) is 0 Å². The number of hydrogen-bond acceptors (Lipinski definition) is 3. The van der Waals surface area contributed by atoms with Crippen molar-refractivity contribution in [3.63, 3.8) is 0 Å². The van der Waals surface area contributed by atoms with Crippen LogP contribution in [0.25, 0.3) is 10.9 Å². The molecule has 3 aromatic carbocycles. The summed E-state index contributed by atoms with van der Waals surface area (Å²) in [6, 6.07) is 23.7. The summed E-state index contributed by atoms with van der Waals surface area (Å²) < 4.78 is 1.45. The third-order valence-electron chi connectivity index (χ3n) is 4.58. The maximum absolute atomic E-state index is 13.1. The Hall–Kier alpha value is -3.44. The fourth-order valence-corrected chi connectivity index (χ4v) is 3.29. The molecule has 0 aliphatic carbocycles. The molecule has 0 fully saturated rings. The highest BCUT2D eigenvalue weighted by molar-refractivity contribution is 6.30. The molecule has 0 aliphatic rings. The smallest absolute Gasteiger partial charge is 0.261 e. The number of fused-ring (bicyclic) bond motifs is 1. The number of hydrogen-bond donors (Lipinski definition) is 1. The van der Waals surface area contributed by atoms with E-state index in [0.717, 1.165) is 5.56 Å². The maximum atomic E-state index is 13.1. The first-order chi connectivity index (χ1) is 14.1. The fraction of sp³-hybridized carbons (Fsp3) is 0.0870. The Morgan fingerprint density at radius 3 is 2.38 bits per heavy atom. The van der Waals surface area contributed by atoms with E-state index in [2.05, 4.69) is 10.3 Å². The molecular formula is C23H18ClN3O2. The number of aromatic nitrogens is 2. The van der Waals surface area contributed by atoms with Crippen LogP contribution in [0, 0.1) is 0 Å². The van der Waals surface area contributed by atoms with Gasteiger partial charge < -0.3 is 5.32 Å². The third-order valence-corrected chi connectivity index (χ3v) is 4.83. The molecule has 0 bridgehead atoms. The quantitative estimate of drug-likeness (QED) is 0.541. The highest BCUT2D eigenvalue weighted by Crippen LogP contribution is 2.15. The van der Waals surface area contributed by atoms with Crippen LogP contribution in [0.4, 0.5) is 5.69 Å². The van der Waals surface area contributed by atoms with Gasteiger partial charge >= 0.3 is 0 Å². The van der Waals surface area contributed by atoms with Crippen LogP contribution in [0.1, 0.15) is 11.4 Å². The van der Waals surface area contributed by atoms with Crippen molar-refractivity contribution in [3.05, 3.63) is 106 Å². The molecule has 6 heteroatoms. The molecule has 0 atom stereocenters. The van der Waals surface area contributed by atoms with Crippen molar-refractivity contribution in [3.8, 4) is 0 Å². The Morgan fingerprint density at radius 2 is 1.62 bits per heavy atom. The summed E-state index contributed by atoms with van der Waals surface area (Å²) in [7, 11) is 0. The number of benzene rings is 3. The molecule has 0 saturated carbocycles. The van der Waals surface area contributed by atoms with Gasteiger partial charge in [0.1, 0.15) is 12.4 Å². The zero-order valence-electron chi connectivity index (χ0n) is 15.5. The summed E-state index contributed by atoms with van der Waals surface area (Å²) in [5, 5.41) is 3.87. The molecule has 1 heterocycles. The van der Waals surface area contributed by atoms with Gasteiger partial charge in [-0.3, -0.25) is 14.2 Å². The Balaban J connectivity index is 1.70. The van der Waals surface area contributed by atoms with E-state index >= 15 is 0 Å². The van der Waals surface area contributed by atoms with Gasteiger partial charge in [-0.05, 0) is 42.0 Å². The van der Waals surface area contributed by atoms with Crippen LogP contribution in [-0.4, -0.2) is 15.5 Å². The maximum Gasteiger partial charge on any atom is 0.261 e. The monoisotopic (exact) mass is 403 g/mol. The van der Waals surface area contributed by atoms with Crippen molar-refractivity contribution < 1.29 is 4.79 Å². The van der Waals surface area contributed by atoms with Gasteiger partial charge in [0.25, 0.3) is 5.56 Å². The van der Waals surface area contributed by atoms with E-state index < -0.39 is 0 Å². The molecule has 0 unspecified atom stereocenters. The van der Waals surface area contributed by atoms with Gasteiger partial charge in [-0.25, -0.2) is 4.98 Å². The summed E-state index contributed by atoms with van der Waals surface area (Å²) >= 11 is 5.89. The molecule has 4 rings (SSSR count). The molecule has 0 radical (unpaired) electrons. The van der Waals surface area contributed by atoms with Crippen molar-refractivity contribution in [1.82, 2.24) is 9.55 Å². The van der Waals surface area contributed by atoms with Gasteiger partial charge in [0, 0.05) is 17.1 Å². The molecule has 5 nitrogen and oxygen atoms in total. The largest absolute Gasteiger partial charge is 0.325 e. The first-order valence-corrected chi connectivity index (χ1v) is 9.56. The summed E-state index contributed by atoms with van der Waals surface area (Å²) in [5.74, 6) is 0.243. The number of halogens is 1. The predicted octanol–water partition coefficient (Wildman–Crippen LogP) is 4.28. The fourth-order valence-electron chi connectivity index (χ4n) is 3.17. The first-order valence-electron chi connectivity index (χ1n) is 9.18. The first kappa shape index (κ1) is 18.9. The summed E-state index contributed by atoms with van der Waals surface area (Å²) in [4.78, 5) is 30.4. The number of rotatable bonds is 5. The van der Waals surface area contributed by atoms with E-state index in [9.17, 15) is 9.59 Å². The second kappa shape index (κ2) is 8.29. The second-order valence-corrected chi connectivity index (χ2v) is 7.09. The molecular weight excluding hydrogens is 386 g/mol. The SMILES string of the molecule is O=C(Cn1c(Cc2ccccc2)nc2ccccc2c1=O)Nc1ccc(Cl)cc1. The van der Waals surface area contributed by atoms with Crippen LogP contribution in [0.15, 0.2) is 83.7 Å². The zero-order valence-corrected chi connectivity index (χ0v) is 16.3. The Bertz CT molecular complexity index is 1220. The van der Waals surface area contributed by atoms with E-state index in [0.29, 0.717) is 33.9 Å². The lowest BCUT2D eigenvalue weighted by molar-refractivity contribution is -0.116. The summed E-state index contributed by atoms with van der Waals surface area (Å²) in [6.07, 6.45) is 0.454. The standard InChI is InChI=1S/C23H18ClN3O2/c24-17-10-12-18(13-11-17)25-22(28)15-27-21(14-16-6-2-1-3-7-16)26-20-9-5-4-8-19(20)23(27)29/h1-13H,14-15H2,(H,25,28). The molecule has 0 aliphatic heterocycles. The van der Waals surface area contributed by atoms with Crippen molar-refractivity contribution in [1.29, 1.82) is 0 Å². The number of anilines is 1. The minimum atomic E-state index is -0.305. The van der Waals surface area contributed by atoms with Crippen molar-refractivity contribution in [2.24, 2.45) is 0 Å². The topological polar surface area (TPSA) is 64.0 Å². The highest BCUT2D eigenvalue weighted by atomic mass is 35.5. The number of nitrogens with one attached hydrogen (secondary N) is 1. The van der Waals surface area contributed by atoms with E-state index in [-0.39, 0.29) is 18.0 Å². The van der Waals surface area contributed by atoms with Gasteiger partial charge in [-0.2, -0.15) is 0 Å². The van der Waals surface area contributed by atoms with Gasteiger partial charge in [0.15, 0.2) is 0 Å². The lowest BCUT2D eigenvalue weighted by atomic mass is 10.1. The molecule has 1 N–H and O–H groups in total. The number of carbonyl (C=O) groups is 1. The van der Waals surface area contributed by atoms with Crippen LogP contribution in [0.2, 0.25) is 5.02 Å². The predicted molar refractivity (Wildman–Crippen MR) is 115 cm³/mol. The van der Waals surface area contributed by atoms with Gasteiger partial charge in [-0.1, -0.05) is 54.1 Å². The van der Waals surface area contributed by atoms with E-state index in [1.165, 1.54) is 4.57 Å². The molecule has 1 amide bonds. The minimum absolute atomic E-state index is 0.124. The lowest BCUT2D eigenvalue weighted by Gasteiger charge is -2.14. The zero-order chi connectivity index (χ0) is 20.2. The number of nitrogens with zero attached hydrogens (tertiary/aromatic N) is 2. The van der Waals surface area contributed by atoms with Crippen LogP contribution < -0.4 is 10.9 Å². The minimum Gasteiger partial charge on any atom is -0.325 e. The molecule has 0 saturated heterocycles. The second-order valence-electron chi connectivity index (χ2n) is 6.65. The van der Waals surface area contributed by atoms with Crippen molar-refractivity contribution in [2.45, 2.75) is 13.0 Å². The van der Waals surface area contributed by atoms with Crippen molar-refractivity contribution in [2.75, 3.05) is 5.32 Å².